The third-order valence-electron chi connectivity index (χ3n) is 5.87. The van der Waals surface area contributed by atoms with Crippen LogP contribution in [-0.4, -0.2) is 37.1 Å². The Bertz CT molecular complexity index is 1370. The van der Waals surface area contributed by atoms with Gasteiger partial charge in [0.2, 0.25) is 0 Å². The summed E-state index contributed by atoms with van der Waals surface area (Å²) >= 11 is 5.97. The van der Waals surface area contributed by atoms with E-state index >= 15 is 0 Å². The molecule has 1 fully saturated rings. The summed E-state index contributed by atoms with van der Waals surface area (Å²) in [5.41, 5.74) is 0.894. The lowest BCUT2D eigenvalue weighted by Crippen LogP contribution is -2.29. The third kappa shape index (κ3) is 3.95. The number of anilines is 1. The lowest BCUT2D eigenvalue weighted by molar-refractivity contribution is -0.132. The number of amides is 1. The summed E-state index contributed by atoms with van der Waals surface area (Å²) in [5, 5.41) is 11.1. The van der Waals surface area contributed by atoms with Gasteiger partial charge >= 0.3 is 0 Å². The second kappa shape index (κ2) is 8.96. The van der Waals surface area contributed by atoms with Crippen molar-refractivity contribution in [1.82, 2.24) is 0 Å². The van der Waals surface area contributed by atoms with E-state index < -0.39 is 23.5 Å². The number of hydrogen-bond donors (Lipinski definition) is 1. The Labute approximate surface area is 204 Å². The minimum Gasteiger partial charge on any atom is -0.507 e. The molecule has 0 aliphatic carbocycles. The molecule has 1 saturated heterocycles. The third-order valence-corrected chi connectivity index (χ3v) is 6.16. The normalized spacial score (nSPS) is 18.6. The molecule has 5 rings (SSSR count). The van der Waals surface area contributed by atoms with E-state index in [0.29, 0.717) is 36.0 Å². The molecule has 2 aliphatic rings. The number of methoxy groups -OCH3 is 1. The SMILES string of the molecule is COc1ccc(C2/C(=C(/O)c3ccc4c(c3)OCCO4)C(=O)C(=O)N2c2ccc(F)c(Cl)c2)cc1. The molecule has 0 spiro atoms. The maximum Gasteiger partial charge on any atom is 0.300 e. The van der Waals surface area contributed by atoms with Crippen molar-refractivity contribution >= 4 is 34.7 Å². The fourth-order valence-corrected chi connectivity index (χ4v) is 4.36. The molecule has 178 valence electrons. The van der Waals surface area contributed by atoms with E-state index in [1.165, 1.54) is 24.1 Å². The number of halogens is 2. The zero-order chi connectivity index (χ0) is 24.7. The average Bonchev–Trinajstić information content (AvgIpc) is 3.15. The van der Waals surface area contributed by atoms with Gasteiger partial charge in [0.15, 0.2) is 11.5 Å². The minimum atomic E-state index is -1.00. The van der Waals surface area contributed by atoms with E-state index in [0.717, 1.165) is 6.07 Å². The summed E-state index contributed by atoms with van der Waals surface area (Å²) in [6, 6.07) is 14.2. The molecule has 35 heavy (non-hydrogen) atoms. The van der Waals surface area contributed by atoms with Gasteiger partial charge in [0, 0.05) is 11.3 Å². The highest BCUT2D eigenvalue weighted by Crippen LogP contribution is 2.44. The second-order valence-electron chi connectivity index (χ2n) is 7.90. The van der Waals surface area contributed by atoms with Crippen LogP contribution < -0.4 is 19.1 Å². The van der Waals surface area contributed by atoms with E-state index in [-0.39, 0.29) is 27.6 Å². The van der Waals surface area contributed by atoms with Crippen LogP contribution in [0.3, 0.4) is 0 Å². The van der Waals surface area contributed by atoms with Crippen molar-refractivity contribution in [2.75, 3.05) is 25.2 Å². The molecule has 2 heterocycles. The summed E-state index contributed by atoms with van der Waals surface area (Å²) in [6.07, 6.45) is 0. The van der Waals surface area contributed by atoms with Gasteiger partial charge in [0.1, 0.15) is 30.5 Å². The maximum absolute atomic E-state index is 13.8. The largest absolute Gasteiger partial charge is 0.507 e. The molecule has 3 aromatic carbocycles. The van der Waals surface area contributed by atoms with Crippen LogP contribution in [-0.2, 0) is 9.59 Å². The Kier molecular flexibility index (Phi) is 5.82. The van der Waals surface area contributed by atoms with Crippen molar-refractivity contribution < 1.29 is 33.3 Å². The van der Waals surface area contributed by atoms with E-state index in [1.54, 1.807) is 42.5 Å². The van der Waals surface area contributed by atoms with Gasteiger partial charge < -0.3 is 19.3 Å². The molecule has 1 N–H and O–H groups in total. The summed E-state index contributed by atoms with van der Waals surface area (Å²) in [6.45, 7) is 0.750. The van der Waals surface area contributed by atoms with Gasteiger partial charge in [-0.15, -0.1) is 0 Å². The molecule has 0 saturated carbocycles. The Hall–Kier alpha value is -4.04. The van der Waals surface area contributed by atoms with Gasteiger partial charge in [0.25, 0.3) is 11.7 Å². The van der Waals surface area contributed by atoms with Crippen molar-refractivity contribution in [3.8, 4) is 17.2 Å². The molecule has 2 aliphatic heterocycles. The van der Waals surface area contributed by atoms with Crippen LogP contribution >= 0.6 is 11.6 Å². The molecule has 9 heteroatoms. The molecule has 1 unspecified atom stereocenters. The van der Waals surface area contributed by atoms with Crippen LogP contribution in [0.5, 0.6) is 17.2 Å². The predicted molar refractivity (Wildman–Crippen MR) is 127 cm³/mol. The zero-order valence-corrected chi connectivity index (χ0v) is 19.2. The summed E-state index contributed by atoms with van der Waals surface area (Å²) in [5.74, 6) is -1.31. The van der Waals surface area contributed by atoms with E-state index in [9.17, 15) is 19.1 Å². The topological polar surface area (TPSA) is 85.3 Å². The summed E-state index contributed by atoms with van der Waals surface area (Å²) in [7, 11) is 1.52. The Morgan fingerprint density at radius 2 is 1.74 bits per heavy atom. The fraction of sp³-hybridized carbons (Fsp3) is 0.154. The van der Waals surface area contributed by atoms with Crippen molar-refractivity contribution in [3.05, 3.63) is 88.2 Å². The first-order valence-electron chi connectivity index (χ1n) is 10.7. The molecule has 0 bridgehead atoms. The summed E-state index contributed by atoms with van der Waals surface area (Å²) in [4.78, 5) is 27.7. The molecule has 0 radical (unpaired) electrons. The van der Waals surface area contributed by atoms with E-state index in [4.69, 9.17) is 25.8 Å². The number of aliphatic hydroxyl groups excluding tert-OH is 1. The number of rotatable bonds is 4. The highest BCUT2D eigenvalue weighted by Gasteiger charge is 2.47. The molecular formula is C26H19ClFNO6. The first-order valence-corrected chi connectivity index (χ1v) is 11.1. The van der Waals surface area contributed by atoms with E-state index in [1.807, 2.05) is 0 Å². The lowest BCUT2D eigenvalue weighted by Gasteiger charge is -2.26. The first-order chi connectivity index (χ1) is 16.9. The molecule has 0 aromatic heterocycles. The molecule has 3 aromatic rings. The van der Waals surface area contributed by atoms with Crippen LogP contribution in [0, 0.1) is 5.82 Å². The number of hydrogen-bond acceptors (Lipinski definition) is 6. The van der Waals surface area contributed by atoms with Gasteiger partial charge in [0.05, 0.1) is 23.7 Å². The number of fused-ring (bicyclic) bond motifs is 1. The summed E-state index contributed by atoms with van der Waals surface area (Å²) < 4.78 is 30.2. The van der Waals surface area contributed by atoms with Crippen LogP contribution in [0.4, 0.5) is 10.1 Å². The molecule has 1 atom stereocenters. The van der Waals surface area contributed by atoms with Crippen LogP contribution in [0.2, 0.25) is 5.02 Å². The van der Waals surface area contributed by atoms with Crippen molar-refractivity contribution in [3.63, 3.8) is 0 Å². The predicted octanol–water partition coefficient (Wildman–Crippen LogP) is 4.89. The minimum absolute atomic E-state index is 0.128. The number of Topliss-reactive ketones (excluding diaryl/α,β-unsaturated/α-hetero) is 1. The number of aliphatic hydroxyl groups is 1. The number of nitrogens with zero attached hydrogens (tertiary/aromatic N) is 1. The molecule has 7 nitrogen and oxygen atoms in total. The first kappa shape index (κ1) is 22.7. The number of carbonyl (C=O) groups excluding carboxylic acids is 2. The van der Waals surface area contributed by atoms with Crippen molar-refractivity contribution in [1.29, 1.82) is 0 Å². The lowest BCUT2D eigenvalue weighted by atomic mass is 9.95. The van der Waals surface area contributed by atoms with Crippen molar-refractivity contribution in [2.45, 2.75) is 6.04 Å². The number of carbonyl (C=O) groups is 2. The fourth-order valence-electron chi connectivity index (χ4n) is 4.18. The van der Waals surface area contributed by atoms with Crippen molar-refractivity contribution in [2.24, 2.45) is 0 Å². The standard InChI is InChI=1S/C26H19ClFNO6/c1-33-17-6-2-14(3-7-17)23-22(24(30)15-4-9-20-21(12-15)35-11-10-34-20)25(31)26(32)29(23)16-5-8-19(28)18(27)13-16/h2-9,12-13,23,30H,10-11H2,1H3/b24-22-. The number of benzene rings is 3. The van der Waals surface area contributed by atoms with Crippen LogP contribution in [0.25, 0.3) is 5.76 Å². The second-order valence-corrected chi connectivity index (χ2v) is 8.31. The Morgan fingerprint density at radius 3 is 2.43 bits per heavy atom. The van der Waals surface area contributed by atoms with Crippen LogP contribution in [0.1, 0.15) is 17.2 Å². The van der Waals surface area contributed by atoms with Gasteiger partial charge in [-0.3, -0.25) is 14.5 Å². The smallest absolute Gasteiger partial charge is 0.300 e. The van der Waals surface area contributed by atoms with Gasteiger partial charge in [-0.2, -0.15) is 0 Å². The molecule has 1 amide bonds. The average molecular weight is 496 g/mol. The van der Waals surface area contributed by atoms with Crippen LogP contribution in [0.15, 0.2) is 66.2 Å². The highest BCUT2D eigenvalue weighted by atomic mass is 35.5. The zero-order valence-electron chi connectivity index (χ0n) is 18.5. The number of ketones is 1. The van der Waals surface area contributed by atoms with Gasteiger partial charge in [-0.05, 0) is 54.1 Å². The maximum atomic E-state index is 13.8. The van der Waals surface area contributed by atoms with Gasteiger partial charge in [-0.25, -0.2) is 4.39 Å². The highest BCUT2D eigenvalue weighted by molar-refractivity contribution is 6.51. The number of ether oxygens (including phenoxy) is 3. The Balaban J connectivity index is 1.69. The Morgan fingerprint density at radius 1 is 1.03 bits per heavy atom. The molecular weight excluding hydrogens is 477 g/mol. The van der Waals surface area contributed by atoms with Gasteiger partial charge in [-0.1, -0.05) is 23.7 Å². The van der Waals surface area contributed by atoms with E-state index in [2.05, 4.69) is 0 Å². The quantitative estimate of drug-likeness (QED) is 0.315. The monoisotopic (exact) mass is 495 g/mol.